The van der Waals surface area contributed by atoms with Crippen molar-refractivity contribution < 1.29 is 33.7 Å². The van der Waals surface area contributed by atoms with Gasteiger partial charge in [-0.2, -0.15) is 6.07 Å². The molecule has 0 unspecified atom stereocenters. The fraction of sp³-hybridized carbons (Fsp3) is 0.0588. The quantitative estimate of drug-likeness (QED) is 0.139. The Morgan fingerprint density at radius 2 is 1.51 bits per heavy atom. The number of fused-ring (bicyclic) bond motifs is 3. The van der Waals surface area contributed by atoms with Gasteiger partial charge in [-0.3, -0.25) is 0 Å². The van der Waals surface area contributed by atoms with Gasteiger partial charge in [0.15, 0.2) is 0 Å². The summed E-state index contributed by atoms with van der Waals surface area (Å²) in [6.07, 6.45) is 5.78. The first-order valence-corrected chi connectivity index (χ1v) is 12.5. The normalized spacial score (nSPS) is 11.9. The standard InChI is InChI=1S/C23H17N2O.C11H8N.Ir/c1-16-11-17(2)13-19(12-16)25-10-9-24(15-25)18-7-8-21-20-5-3-4-6-22(20)26-23(21)14-18;1-2-6-10(7-3-1)11-8-4-5-9-12-11;/h3-6,8-14H,1-2H3;1-6,8-9H;/q+1;-1;. The number of hydrogen-bond acceptors (Lipinski definition) is 2. The van der Waals surface area contributed by atoms with Crippen LogP contribution in [0.3, 0.4) is 0 Å². The van der Waals surface area contributed by atoms with Gasteiger partial charge >= 0.3 is 6.01 Å². The molecule has 0 bridgehead atoms. The number of aromatic nitrogens is 1. The summed E-state index contributed by atoms with van der Waals surface area (Å²) >= 11 is 0. The second kappa shape index (κ2) is 11.6. The SMILES string of the molecule is Cc1cc(C)cc([N+]2=C=[N+](c3[c-]cc4c(c3)oc3ccccc34)C=C2)c1.[Ir].[c-]1ccccc1-c1ccccn1. The monoisotopic (exact) mass is 684 g/mol. The molecule has 0 spiro atoms. The van der Waals surface area contributed by atoms with Crippen LogP contribution in [-0.2, 0) is 20.1 Å². The molecule has 4 nitrogen and oxygen atoms in total. The number of rotatable bonds is 3. The van der Waals surface area contributed by atoms with Crippen molar-refractivity contribution in [1.82, 2.24) is 4.98 Å². The number of furan rings is 1. The first-order valence-electron chi connectivity index (χ1n) is 12.5. The van der Waals surface area contributed by atoms with E-state index in [0.29, 0.717) is 0 Å². The molecular weight excluding hydrogens is 659 g/mol. The molecule has 5 heteroatoms. The van der Waals surface area contributed by atoms with E-state index >= 15 is 0 Å². The minimum Gasteiger partial charge on any atom is -0.483 e. The van der Waals surface area contributed by atoms with Crippen LogP contribution >= 0.6 is 0 Å². The number of hydrogen-bond donors (Lipinski definition) is 0. The molecule has 6 aromatic rings. The van der Waals surface area contributed by atoms with Crippen LogP contribution in [0, 0.1) is 26.0 Å². The van der Waals surface area contributed by atoms with Crippen molar-refractivity contribution in [1.29, 1.82) is 0 Å². The molecule has 0 aliphatic carbocycles. The number of aryl methyl sites for hydroxylation is 2. The van der Waals surface area contributed by atoms with Crippen LogP contribution in [0.1, 0.15) is 11.1 Å². The number of pyridine rings is 1. The Hall–Kier alpha value is -4.40. The van der Waals surface area contributed by atoms with Crippen LogP contribution in [0.2, 0.25) is 0 Å². The third-order valence-corrected chi connectivity index (χ3v) is 6.27. The summed E-state index contributed by atoms with van der Waals surface area (Å²) in [5.41, 5.74) is 8.25. The first kappa shape index (κ1) is 26.2. The molecular formula is C34H25IrN3O. The Balaban J connectivity index is 0.000000200. The van der Waals surface area contributed by atoms with Crippen molar-refractivity contribution in [3.05, 3.63) is 139 Å². The minimum absolute atomic E-state index is 0. The molecule has 191 valence electrons. The molecule has 1 aliphatic rings. The Bertz CT molecular complexity index is 1810. The predicted octanol–water partition coefficient (Wildman–Crippen LogP) is 8.20. The first-order chi connectivity index (χ1) is 18.6. The van der Waals surface area contributed by atoms with Crippen LogP contribution in [0.15, 0.2) is 120 Å². The van der Waals surface area contributed by atoms with E-state index in [4.69, 9.17) is 4.42 Å². The van der Waals surface area contributed by atoms with Gasteiger partial charge in [0.25, 0.3) is 12.4 Å². The van der Waals surface area contributed by atoms with Gasteiger partial charge in [-0.05, 0) is 48.2 Å². The Labute approximate surface area is 241 Å². The fourth-order valence-corrected chi connectivity index (χ4v) is 4.55. The van der Waals surface area contributed by atoms with Crippen molar-refractivity contribution in [2.24, 2.45) is 0 Å². The average molecular weight is 684 g/mol. The maximum Gasteiger partial charge on any atom is 0.499 e. The zero-order chi connectivity index (χ0) is 25.9. The van der Waals surface area contributed by atoms with Crippen LogP contribution in [0.5, 0.6) is 0 Å². The molecule has 0 fully saturated rings. The molecule has 0 saturated heterocycles. The molecule has 0 amide bonds. The molecule has 1 aliphatic heterocycles. The summed E-state index contributed by atoms with van der Waals surface area (Å²) in [6.45, 7) is 4.22. The third-order valence-electron chi connectivity index (χ3n) is 6.27. The van der Waals surface area contributed by atoms with E-state index < -0.39 is 0 Å². The molecule has 2 aromatic heterocycles. The molecule has 39 heavy (non-hydrogen) atoms. The van der Waals surface area contributed by atoms with Gasteiger partial charge in [0.2, 0.25) is 5.69 Å². The predicted molar refractivity (Wildman–Crippen MR) is 151 cm³/mol. The second-order valence-corrected chi connectivity index (χ2v) is 9.17. The van der Waals surface area contributed by atoms with E-state index in [-0.39, 0.29) is 20.1 Å². The van der Waals surface area contributed by atoms with Gasteiger partial charge in [-0.25, -0.2) is 0 Å². The maximum atomic E-state index is 5.98. The second-order valence-electron chi connectivity index (χ2n) is 9.17. The summed E-state index contributed by atoms with van der Waals surface area (Å²) in [4.78, 5) is 4.22. The molecule has 0 N–H and O–H groups in total. The molecule has 3 heterocycles. The Morgan fingerprint density at radius 3 is 2.28 bits per heavy atom. The van der Waals surface area contributed by atoms with E-state index in [1.165, 1.54) is 11.1 Å². The largest absolute Gasteiger partial charge is 0.499 e. The van der Waals surface area contributed by atoms with Crippen LogP contribution < -0.4 is 0 Å². The number of nitrogens with zero attached hydrogens (tertiary/aromatic N) is 3. The van der Waals surface area contributed by atoms with E-state index in [1.54, 1.807) is 6.20 Å². The maximum absolute atomic E-state index is 5.98. The Morgan fingerprint density at radius 1 is 0.744 bits per heavy atom. The van der Waals surface area contributed by atoms with E-state index in [0.717, 1.165) is 44.6 Å². The summed E-state index contributed by atoms with van der Waals surface area (Å²) in [5.74, 6) is 0. The molecule has 4 aromatic carbocycles. The van der Waals surface area contributed by atoms with Gasteiger partial charge in [0, 0.05) is 44.0 Å². The molecule has 1 radical (unpaired) electrons. The van der Waals surface area contributed by atoms with E-state index in [9.17, 15) is 0 Å². The molecule has 7 rings (SSSR count). The molecule has 0 atom stereocenters. The van der Waals surface area contributed by atoms with Crippen molar-refractivity contribution >= 4 is 39.3 Å². The number of benzene rings is 4. The third kappa shape index (κ3) is 5.72. The topological polar surface area (TPSA) is 32.0 Å². The van der Waals surface area contributed by atoms with Crippen molar-refractivity contribution in [3.8, 4) is 11.3 Å². The molecule has 0 saturated carbocycles. The van der Waals surface area contributed by atoms with Crippen LogP contribution in [-0.4, -0.2) is 20.1 Å². The smallest absolute Gasteiger partial charge is 0.483 e. The van der Waals surface area contributed by atoms with Crippen LogP contribution in [0.25, 0.3) is 33.2 Å². The van der Waals surface area contributed by atoms with Gasteiger partial charge in [-0.1, -0.05) is 57.0 Å². The van der Waals surface area contributed by atoms with Crippen molar-refractivity contribution in [3.63, 3.8) is 0 Å². The van der Waals surface area contributed by atoms with E-state index in [2.05, 4.69) is 61.2 Å². The van der Waals surface area contributed by atoms with E-state index in [1.807, 2.05) is 94.3 Å². The van der Waals surface area contributed by atoms with Crippen LogP contribution in [0.4, 0.5) is 11.4 Å². The zero-order valence-corrected chi connectivity index (χ0v) is 23.9. The summed E-state index contributed by atoms with van der Waals surface area (Å²) in [6, 6.07) is 42.1. The summed E-state index contributed by atoms with van der Waals surface area (Å²) in [7, 11) is 0. The van der Waals surface area contributed by atoms with Gasteiger partial charge in [-0.15, -0.1) is 42.0 Å². The van der Waals surface area contributed by atoms with Gasteiger partial charge in [0.1, 0.15) is 11.3 Å². The van der Waals surface area contributed by atoms with Gasteiger partial charge in [0.05, 0.1) is 0 Å². The summed E-state index contributed by atoms with van der Waals surface area (Å²) < 4.78 is 9.91. The number of para-hydroxylation sites is 1. The van der Waals surface area contributed by atoms with Gasteiger partial charge < -0.3 is 9.40 Å². The average Bonchev–Trinajstić information content (AvgIpc) is 3.59. The zero-order valence-electron chi connectivity index (χ0n) is 21.6. The minimum atomic E-state index is 0. The summed E-state index contributed by atoms with van der Waals surface area (Å²) in [5, 5.41) is 2.20. The Kier molecular flexibility index (Phi) is 7.76. The van der Waals surface area contributed by atoms with Crippen molar-refractivity contribution in [2.45, 2.75) is 13.8 Å². The van der Waals surface area contributed by atoms with Crippen molar-refractivity contribution in [2.75, 3.05) is 0 Å². The fourth-order valence-electron chi connectivity index (χ4n) is 4.55.